The van der Waals surface area contributed by atoms with Crippen LogP contribution >= 0.6 is 27.3 Å². The highest BCUT2D eigenvalue weighted by atomic mass is 79.9. The molecule has 16 heavy (non-hydrogen) atoms. The number of rotatable bonds is 4. The van der Waals surface area contributed by atoms with E-state index in [0.29, 0.717) is 3.79 Å². The minimum absolute atomic E-state index is 0.00167. The summed E-state index contributed by atoms with van der Waals surface area (Å²) in [5.74, 6) is -1.13. The summed E-state index contributed by atoms with van der Waals surface area (Å²) >= 11 is 3.96. The number of sulfonamides is 1. The van der Waals surface area contributed by atoms with Crippen LogP contribution in [0.1, 0.15) is 22.5 Å². The number of nitrogens with one attached hydrogen (secondary N) is 1. The lowest BCUT2D eigenvalue weighted by Crippen LogP contribution is -2.25. The molecule has 5 nitrogen and oxygen atoms in total. The summed E-state index contributed by atoms with van der Waals surface area (Å²) in [6.45, 7) is 0. The quantitative estimate of drug-likeness (QED) is 0.881. The Bertz CT molecular complexity index is 532. The van der Waals surface area contributed by atoms with Crippen LogP contribution in [0.5, 0.6) is 0 Å². The third-order valence-electron chi connectivity index (χ3n) is 2.05. The van der Waals surface area contributed by atoms with Crippen LogP contribution in [0.25, 0.3) is 0 Å². The number of hydrogen-bond donors (Lipinski definition) is 2. The zero-order chi connectivity index (χ0) is 11.9. The van der Waals surface area contributed by atoms with Crippen LogP contribution < -0.4 is 4.72 Å². The first-order valence-corrected chi connectivity index (χ1v) is 7.54. The average Bonchev–Trinajstić information content (AvgIpc) is 2.84. The number of thiophene rings is 1. The van der Waals surface area contributed by atoms with Crippen molar-refractivity contribution in [3.05, 3.63) is 14.7 Å². The summed E-state index contributed by atoms with van der Waals surface area (Å²) in [5.41, 5.74) is 0. The van der Waals surface area contributed by atoms with E-state index in [1.807, 2.05) is 0 Å². The first kappa shape index (κ1) is 12.0. The van der Waals surface area contributed by atoms with Crippen LogP contribution in [0.3, 0.4) is 0 Å². The molecule has 0 atom stereocenters. The molecule has 1 heterocycles. The number of halogens is 1. The molecule has 1 aliphatic rings. The van der Waals surface area contributed by atoms with Crippen molar-refractivity contribution in [2.45, 2.75) is 23.8 Å². The van der Waals surface area contributed by atoms with E-state index < -0.39 is 16.0 Å². The summed E-state index contributed by atoms with van der Waals surface area (Å²) < 4.78 is 26.4. The van der Waals surface area contributed by atoms with Gasteiger partial charge in [-0.3, -0.25) is 0 Å². The maximum absolute atomic E-state index is 11.8. The summed E-state index contributed by atoms with van der Waals surface area (Å²) in [7, 11) is -3.59. The van der Waals surface area contributed by atoms with Gasteiger partial charge in [-0.2, -0.15) is 0 Å². The zero-order valence-electron chi connectivity index (χ0n) is 7.94. The van der Waals surface area contributed by atoms with Gasteiger partial charge in [0.05, 0.1) is 3.79 Å². The van der Waals surface area contributed by atoms with E-state index in [2.05, 4.69) is 20.7 Å². The first-order chi connectivity index (χ1) is 7.40. The second kappa shape index (κ2) is 4.10. The molecule has 88 valence electrons. The van der Waals surface area contributed by atoms with Crippen molar-refractivity contribution in [3.8, 4) is 0 Å². The Hall–Kier alpha value is -0.440. The Morgan fingerprint density at radius 2 is 2.19 bits per heavy atom. The van der Waals surface area contributed by atoms with Crippen LogP contribution in [-0.2, 0) is 10.0 Å². The molecule has 0 saturated heterocycles. The van der Waals surface area contributed by atoms with Crippen molar-refractivity contribution in [2.24, 2.45) is 0 Å². The van der Waals surface area contributed by atoms with Crippen molar-refractivity contribution in [2.75, 3.05) is 0 Å². The van der Waals surface area contributed by atoms with E-state index in [1.54, 1.807) is 0 Å². The number of carboxylic acids is 1. The van der Waals surface area contributed by atoms with E-state index in [1.165, 1.54) is 6.07 Å². The fourth-order valence-corrected chi connectivity index (χ4v) is 4.83. The number of carbonyl (C=O) groups is 1. The maximum Gasteiger partial charge on any atom is 0.345 e. The van der Waals surface area contributed by atoms with Crippen molar-refractivity contribution >= 4 is 43.3 Å². The van der Waals surface area contributed by atoms with Gasteiger partial charge in [0.2, 0.25) is 10.0 Å². The Kier molecular flexibility index (Phi) is 3.08. The maximum atomic E-state index is 11.8. The van der Waals surface area contributed by atoms with Gasteiger partial charge in [-0.1, -0.05) is 0 Å². The van der Waals surface area contributed by atoms with E-state index in [-0.39, 0.29) is 15.8 Å². The highest BCUT2D eigenvalue weighted by Crippen LogP contribution is 2.33. The highest BCUT2D eigenvalue weighted by Gasteiger charge is 2.30. The monoisotopic (exact) mass is 325 g/mol. The van der Waals surface area contributed by atoms with Gasteiger partial charge in [-0.15, -0.1) is 11.3 Å². The second-order valence-electron chi connectivity index (χ2n) is 3.45. The summed E-state index contributed by atoms with van der Waals surface area (Å²) in [5, 5.41) is 8.76. The molecule has 1 aliphatic carbocycles. The van der Waals surface area contributed by atoms with Gasteiger partial charge >= 0.3 is 5.97 Å². The van der Waals surface area contributed by atoms with Gasteiger partial charge in [-0.25, -0.2) is 17.9 Å². The fraction of sp³-hybridized carbons (Fsp3) is 0.375. The van der Waals surface area contributed by atoms with Gasteiger partial charge in [0.25, 0.3) is 0 Å². The van der Waals surface area contributed by atoms with Gasteiger partial charge in [0.15, 0.2) is 0 Å². The minimum Gasteiger partial charge on any atom is -0.477 e. The molecule has 1 aromatic rings. The van der Waals surface area contributed by atoms with Gasteiger partial charge in [-0.05, 0) is 34.8 Å². The molecule has 2 N–H and O–H groups in total. The largest absolute Gasteiger partial charge is 0.477 e. The molecule has 0 spiro atoms. The normalized spacial score (nSPS) is 16.3. The lowest BCUT2D eigenvalue weighted by atomic mass is 10.5. The predicted octanol–water partition coefficient (Wildman–Crippen LogP) is 1.65. The molecule has 2 rings (SSSR count). The second-order valence-corrected chi connectivity index (χ2v) is 7.50. The summed E-state index contributed by atoms with van der Waals surface area (Å²) in [4.78, 5) is 10.7. The molecule has 0 bridgehead atoms. The average molecular weight is 326 g/mol. The van der Waals surface area contributed by atoms with Crippen molar-refractivity contribution in [3.63, 3.8) is 0 Å². The fourth-order valence-electron chi connectivity index (χ4n) is 1.12. The SMILES string of the molecule is O=C(O)c1cc(S(=O)(=O)NC2CC2)c(Br)s1. The molecule has 0 unspecified atom stereocenters. The molecule has 1 saturated carbocycles. The molecule has 0 aromatic carbocycles. The van der Waals surface area contributed by atoms with E-state index in [9.17, 15) is 13.2 Å². The number of carboxylic acid groups (broad SMARTS) is 1. The Morgan fingerprint density at radius 1 is 1.56 bits per heavy atom. The molecule has 0 radical (unpaired) electrons. The Balaban J connectivity index is 2.34. The standard InChI is InChI=1S/C8H8BrNO4S2/c9-7-6(3-5(15-7)8(11)12)16(13,14)10-4-1-2-4/h3-4,10H,1-2H2,(H,11,12). The van der Waals surface area contributed by atoms with Crippen LogP contribution in [0.2, 0.25) is 0 Å². The molecule has 1 aromatic heterocycles. The first-order valence-electron chi connectivity index (χ1n) is 4.45. The van der Waals surface area contributed by atoms with E-state index >= 15 is 0 Å². The lowest BCUT2D eigenvalue weighted by Gasteiger charge is -2.02. The van der Waals surface area contributed by atoms with Crippen LogP contribution in [0.4, 0.5) is 0 Å². The molecule has 0 aliphatic heterocycles. The number of aromatic carboxylic acids is 1. The van der Waals surface area contributed by atoms with Gasteiger partial charge < -0.3 is 5.11 Å². The van der Waals surface area contributed by atoms with Crippen molar-refractivity contribution in [1.82, 2.24) is 4.72 Å². The molecule has 0 amide bonds. The summed E-state index contributed by atoms with van der Waals surface area (Å²) in [6.07, 6.45) is 1.68. The van der Waals surface area contributed by atoms with E-state index in [0.717, 1.165) is 24.2 Å². The lowest BCUT2D eigenvalue weighted by molar-refractivity contribution is 0.0702. The van der Waals surface area contributed by atoms with Crippen molar-refractivity contribution < 1.29 is 18.3 Å². The highest BCUT2D eigenvalue weighted by molar-refractivity contribution is 9.11. The van der Waals surface area contributed by atoms with Crippen LogP contribution in [0, 0.1) is 0 Å². The van der Waals surface area contributed by atoms with Gasteiger partial charge in [0, 0.05) is 6.04 Å². The Labute approximate surface area is 105 Å². The smallest absolute Gasteiger partial charge is 0.345 e. The summed E-state index contributed by atoms with van der Waals surface area (Å²) in [6, 6.07) is 1.17. The molecule has 8 heteroatoms. The zero-order valence-corrected chi connectivity index (χ0v) is 11.2. The molecular formula is C8H8BrNO4S2. The minimum atomic E-state index is -3.59. The van der Waals surface area contributed by atoms with Gasteiger partial charge in [0.1, 0.15) is 9.77 Å². The molecule has 1 fully saturated rings. The van der Waals surface area contributed by atoms with Crippen LogP contribution in [-0.4, -0.2) is 25.5 Å². The molecular weight excluding hydrogens is 318 g/mol. The predicted molar refractivity (Wildman–Crippen MR) is 62.3 cm³/mol. The number of hydrogen-bond acceptors (Lipinski definition) is 4. The third-order valence-corrected chi connectivity index (χ3v) is 5.82. The Morgan fingerprint density at radius 3 is 2.62 bits per heavy atom. The van der Waals surface area contributed by atoms with E-state index in [4.69, 9.17) is 5.11 Å². The third kappa shape index (κ3) is 2.45. The van der Waals surface area contributed by atoms with Crippen LogP contribution in [0.15, 0.2) is 14.7 Å². The van der Waals surface area contributed by atoms with Crippen molar-refractivity contribution in [1.29, 1.82) is 0 Å². The topological polar surface area (TPSA) is 83.5 Å².